The summed E-state index contributed by atoms with van der Waals surface area (Å²) in [4.78, 5) is 11.7. The molecule has 82 valence electrons. The lowest BCUT2D eigenvalue weighted by Gasteiger charge is -2.08. The number of nitrogens with one attached hydrogen (secondary N) is 1. The Hall–Kier alpha value is -0.420. The summed E-state index contributed by atoms with van der Waals surface area (Å²) >= 11 is 5.14. The number of thioether (sulfide) groups is 1. The zero-order chi connectivity index (χ0) is 10.7. The number of halogens is 1. The standard InChI is InChI=1S/C10H12BrNO2S/c11-9-8(1-3-14-9)10(13)12-5-7-2-4-15-6-7/h1,3,7H,2,4-6H2,(H,12,13). The second-order valence-electron chi connectivity index (χ2n) is 3.55. The Morgan fingerprint density at radius 1 is 1.73 bits per heavy atom. The molecule has 0 aromatic carbocycles. The molecule has 0 saturated carbocycles. The lowest BCUT2D eigenvalue weighted by Crippen LogP contribution is -2.29. The van der Waals surface area contributed by atoms with Crippen LogP contribution in [0, 0.1) is 5.92 Å². The smallest absolute Gasteiger partial charge is 0.255 e. The van der Waals surface area contributed by atoms with Gasteiger partial charge in [-0.05, 0) is 45.8 Å². The molecule has 1 aliphatic heterocycles. The van der Waals surface area contributed by atoms with Gasteiger partial charge in [-0.25, -0.2) is 0 Å². The first-order chi connectivity index (χ1) is 7.27. The molecule has 2 heterocycles. The summed E-state index contributed by atoms with van der Waals surface area (Å²) in [5.41, 5.74) is 0.570. The van der Waals surface area contributed by atoms with Crippen LogP contribution in [-0.4, -0.2) is 24.0 Å². The van der Waals surface area contributed by atoms with Crippen molar-refractivity contribution in [3.05, 3.63) is 22.6 Å². The van der Waals surface area contributed by atoms with Crippen LogP contribution >= 0.6 is 27.7 Å². The molecule has 1 aromatic rings. The second kappa shape index (κ2) is 5.07. The maximum Gasteiger partial charge on any atom is 0.255 e. The first-order valence-corrected chi connectivity index (χ1v) is 6.81. The minimum Gasteiger partial charge on any atom is -0.457 e. The van der Waals surface area contributed by atoms with Crippen LogP contribution in [0.15, 0.2) is 21.4 Å². The molecule has 2 rings (SSSR count). The lowest BCUT2D eigenvalue weighted by molar-refractivity contribution is 0.0947. The van der Waals surface area contributed by atoms with Crippen LogP contribution < -0.4 is 5.32 Å². The van der Waals surface area contributed by atoms with E-state index in [1.54, 1.807) is 6.07 Å². The highest BCUT2D eigenvalue weighted by Crippen LogP contribution is 2.23. The normalized spacial score (nSPS) is 20.5. The van der Waals surface area contributed by atoms with Gasteiger partial charge in [0.05, 0.1) is 11.8 Å². The van der Waals surface area contributed by atoms with Gasteiger partial charge in [0, 0.05) is 6.54 Å². The van der Waals surface area contributed by atoms with Crippen LogP contribution in [0.25, 0.3) is 0 Å². The Bertz CT molecular complexity index is 347. The summed E-state index contributed by atoms with van der Waals surface area (Å²) in [6.45, 7) is 0.767. The van der Waals surface area contributed by atoms with E-state index in [9.17, 15) is 4.79 Å². The molecule has 3 nitrogen and oxygen atoms in total. The molecule has 1 fully saturated rings. The molecular weight excluding hydrogens is 278 g/mol. The Labute approximate surface area is 101 Å². The first-order valence-electron chi connectivity index (χ1n) is 4.86. The minimum atomic E-state index is -0.0625. The summed E-state index contributed by atoms with van der Waals surface area (Å²) in [5.74, 6) is 2.94. The highest BCUT2D eigenvalue weighted by atomic mass is 79.9. The monoisotopic (exact) mass is 289 g/mol. The van der Waals surface area contributed by atoms with E-state index >= 15 is 0 Å². The van der Waals surface area contributed by atoms with E-state index in [1.807, 2.05) is 11.8 Å². The molecule has 0 aliphatic carbocycles. The largest absolute Gasteiger partial charge is 0.457 e. The molecule has 1 N–H and O–H groups in total. The summed E-state index contributed by atoms with van der Waals surface area (Å²) < 4.78 is 5.51. The maximum atomic E-state index is 11.7. The highest BCUT2D eigenvalue weighted by Gasteiger charge is 2.18. The molecule has 0 radical (unpaired) electrons. The third-order valence-corrected chi connectivity index (χ3v) is 4.28. The predicted octanol–water partition coefficient (Wildman–Crippen LogP) is 2.53. The Balaban J connectivity index is 1.84. The van der Waals surface area contributed by atoms with Gasteiger partial charge in [0.2, 0.25) is 0 Å². The van der Waals surface area contributed by atoms with Gasteiger partial charge in [0.25, 0.3) is 5.91 Å². The molecule has 1 unspecified atom stereocenters. The van der Waals surface area contributed by atoms with Crippen LogP contribution in [0.3, 0.4) is 0 Å². The van der Waals surface area contributed by atoms with Crippen LogP contribution in [-0.2, 0) is 0 Å². The number of carbonyl (C=O) groups excluding carboxylic acids is 1. The maximum absolute atomic E-state index is 11.7. The zero-order valence-corrected chi connectivity index (χ0v) is 10.6. The minimum absolute atomic E-state index is 0.0625. The molecule has 1 saturated heterocycles. The Morgan fingerprint density at radius 3 is 3.20 bits per heavy atom. The van der Waals surface area contributed by atoms with Crippen LogP contribution in [0.2, 0.25) is 0 Å². The van der Waals surface area contributed by atoms with E-state index < -0.39 is 0 Å². The van der Waals surface area contributed by atoms with Gasteiger partial charge < -0.3 is 9.73 Å². The summed E-state index contributed by atoms with van der Waals surface area (Å²) in [7, 11) is 0. The van der Waals surface area contributed by atoms with Crippen molar-refractivity contribution in [1.82, 2.24) is 5.32 Å². The lowest BCUT2D eigenvalue weighted by atomic mass is 10.1. The van der Waals surface area contributed by atoms with Gasteiger partial charge in [-0.15, -0.1) is 0 Å². The number of hydrogen-bond donors (Lipinski definition) is 1. The van der Waals surface area contributed by atoms with Gasteiger partial charge in [0.15, 0.2) is 4.67 Å². The van der Waals surface area contributed by atoms with E-state index in [-0.39, 0.29) is 5.91 Å². The molecule has 15 heavy (non-hydrogen) atoms. The highest BCUT2D eigenvalue weighted by molar-refractivity contribution is 9.10. The van der Waals surface area contributed by atoms with Crippen molar-refractivity contribution in [2.45, 2.75) is 6.42 Å². The van der Waals surface area contributed by atoms with Crippen molar-refractivity contribution in [2.75, 3.05) is 18.1 Å². The first kappa shape index (κ1) is 11.1. The van der Waals surface area contributed by atoms with Gasteiger partial charge in [-0.1, -0.05) is 0 Å². The molecule has 0 bridgehead atoms. The fourth-order valence-corrected chi connectivity index (χ4v) is 3.24. The number of amides is 1. The van der Waals surface area contributed by atoms with Gasteiger partial charge in [-0.3, -0.25) is 4.79 Å². The summed E-state index contributed by atoms with van der Waals surface area (Å²) in [5, 5.41) is 2.93. The van der Waals surface area contributed by atoms with Crippen LogP contribution in [0.4, 0.5) is 0 Å². The molecule has 0 spiro atoms. The number of furan rings is 1. The van der Waals surface area contributed by atoms with Gasteiger partial charge in [-0.2, -0.15) is 11.8 Å². The van der Waals surface area contributed by atoms with Crippen molar-refractivity contribution in [3.8, 4) is 0 Å². The van der Waals surface area contributed by atoms with E-state index in [0.29, 0.717) is 16.2 Å². The van der Waals surface area contributed by atoms with Crippen molar-refractivity contribution >= 4 is 33.6 Å². The van der Waals surface area contributed by atoms with Crippen LogP contribution in [0.5, 0.6) is 0 Å². The van der Waals surface area contributed by atoms with Gasteiger partial charge >= 0.3 is 0 Å². The quantitative estimate of drug-likeness (QED) is 0.930. The molecule has 1 atom stereocenters. The van der Waals surface area contributed by atoms with Crippen molar-refractivity contribution in [1.29, 1.82) is 0 Å². The SMILES string of the molecule is O=C(NCC1CCSC1)c1ccoc1Br. The van der Waals surface area contributed by atoms with E-state index in [4.69, 9.17) is 4.42 Å². The fraction of sp³-hybridized carbons (Fsp3) is 0.500. The number of rotatable bonds is 3. The summed E-state index contributed by atoms with van der Waals surface area (Å²) in [6, 6.07) is 1.67. The number of carbonyl (C=O) groups is 1. The molecule has 1 amide bonds. The van der Waals surface area contributed by atoms with Crippen molar-refractivity contribution in [3.63, 3.8) is 0 Å². The average molecular weight is 290 g/mol. The topological polar surface area (TPSA) is 42.2 Å². The van der Waals surface area contributed by atoms with E-state index in [0.717, 1.165) is 12.3 Å². The van der Waals surface area contributed by atoms with E-state index in [2.05, 4.69) is 21.2 Å². The van der Waals surface area contributed by atoms with Crippen LogP contribution in [0.1, 0.15) is 16.8 Å². The molecule has 5 heteroatoms. The zero-order valence-electron chi connectivity index (χ0n) is 8.16. The third-order valence-electron chi connectivity index (χ3n) is 2.44. The fourth-order valence-electron chi connectivity index (χ4n) is 1.53. The molecule has 1 aromatic heterocycles. The van der Waals surface area contributed by atoms with Crippen molar-refractivity contribution < 1.29 is 9.21 Å². The average Bonchev–Trinajstić information content (AvgIpc) is 2.84. The Kier molecular flexibility index (Phi) is 3.75. The van der Waals surface area contributed by atoms with Crippen molar-refractivity contribution in [2.24, 2.45) is 5.92 Å². The second-order valence-corrected chi connectivity index (χ2v) is 5.42. The Morgan fingerprint density at radius 2 is 2.60 bits per heavy atom. The summed E-state index contributed by atoms with van der Waals surface area (Å²) in [6.07, 6.45) is 2.71. The van der Waals surface area contributed by atoms with Gasteiger partial charge in [0.1, 0.15) is 0 Å². The number of hydrogen-bond acceptors (Lipinski definition) is 3. The third kappa shape index (κ3) is 2.78. The molecular formula is C10H12BrNO2S. The van der Waals surface area contributed by atoms with E-state index in [1.165, 1.54) is 18.4 Å². The predicted molar refractivity (Wildman–Crippen MR) is 64.2 cm³/mol. The molecule has 1 aliphatic rings.